The summed E-state index contributed by atoms with van der Waals surface area (Å²) >= 11 is 0. The molecule has 0 radical (unpaired) electrons. The molecular formula is C14H21N5O. The van der Waals surface area contributed by atoms with Crippen molar-refractivity contribution in [2.75, 3.05) is 19.4 Å². The molecule has 108 valence electrons. The van der Waals surface area contributed by atoms with Gasteiger partial charge < -0.3 is 10.6 Å². The highest BCUT2D eigenvalue weighted by Crippen LogP contribution is 2.21. The van der Waals surface area contributed by atoms with Crippen LogP contribution in [0.25, 0.3) is 11.3 Å². The van der Waals surface area contributed by atoms with E-state index in [2.05, 4.69) is 29.6 Å². The number of benzene rings is 1. The number of aromatic nitrogens is 3. The van der Waals surface area contributed by atoms with Gasteiger partial charge in [0.1, 0.15) is 5.69 Å². The maximum Gasteiger partial charge on any atom is 0.113 e. The first-order chi connectivity index (χ1) is 9.50. The van der Waals surface area contributed by atoms with E-state index < -0.39 is 0 Å². The molecule has 6 nitrogen and oxygen atoms in total. The fourth-order valence-electron chi connectivity index (χ4n) is 1.96. The van der Waals surface area contributed by atoms with E-state index in [1.165, 1.54) is 0 Å². The fraction of sp³-hybridized carbons (Fsp3) is 0.429. The van der Waals surface area contributed by atoms with Gasteiger partial charge in [0, 0.05) is 23.7 Å². The van der Waals surface area contributed by atoms with Crippen molar-refractivity contribution < 1.29 is 4.84 Å². The standard InChI is InChI=1S/C14H21N5O/c1-14(2,10-20-16-3)9-19-8-13(17-18-19)11-5-4-6-12(15)7-11/h4-8,16H,9-10,15H2,1-3H3. The van der Waals surface area contributed by atoms with Crippen LogP contribution in [0.15, 0.2) is 30.5 Å². The SMILES string of the molecule is CNOCC(C)(C)Cn1cc(-c2cccc(N)c2)nn1. The fourth-order valence-corrected chi connectivity index (χ4v) is 1.96. The number of hydrogen-bond donors (Lipinski definition) is 2. The number of anilines is 1. The predicted octanol–water partition coefficient (Wildman–Crippen LogP) is 1.70. The average Bonchev–Trinajstić information content (AvgIpc) is 2.84. The molecule has 1 aromatic heterocycles. The van der Waals surface area contributed by atoms with E-state index in [0.717, 1.165) is 23.5 Å². The number of nitrogens with two attached hydrogens (primary N) is 1. The van der Waals surface area contributed by atoms with E-state index in [9.17, 15) is 0 Å². The van der Waals surface area contributed by atoms with Crippen LogP contribution < -0.4 is 11.2 Å². The first kappa shape index (κ1) is 14.5. The van der Waals surface area contributed by atoms with E-state index >= 15 is 0 Å². The molecule has 2 rings (SSSR count). The zero-order valence-corrected chi connectivity index (χ0v) is 12.1. The molecule has 1 aromatic carbocycles. The molecule has 2 aromatic rings. The van der Waals surface area contributed by atoms with Crippen LogP contribution in [0.3, 0.4) is 0 Å². The zero-order valence-electron chi connectivity index (χ0n) is 12.1. The highest BCUT2D eigenvalue weighted by atomic mass is 16.6. The molecule has 0 saturated heterocycles. The number of nitrogen functional groups attached to an aromatic ring is 1. The van der Waals surface area contributed by atoms with Crippen LogP contribution in [-0.4, -0.2) is 28.6 Å². The second-order valence-corrected chi connectivity index (χ2v) is 5.58. The van der Waals surface area contributed by atoms with Crippen molar-refractivity contribution in [2.24, 2.45) is 5.41 Å². The van der Waals surface area contributed by atoms with Crippen molar-refractivity contribution in [1.82, 2.24) is 20.5 Å². The summed E-state index contributed by atoms with van der Waals surface area (Å²) in [4.78, 5) is 5.25. The topological polar surface area (TPSA) is 78.0 Å². The minimum Gasteiger partial charge on any atom is -0.399 e. The molecule has 0 amide bonds. The third-order valence-corrected chi connectivity index (χ3v) is 2.92. The number of nitrogens with one attached hydrogen (secondary N) is 1. The van der Waals surface area contributed by atoms with Gasteiger partial charge in [-0.15, -0.1) is 5.10 Å². The Hall–Kier alpha value is -1.92. The molecule has 0 aliphatic carbocycles. The number of rotatable bonds is 6. The first-order valence-electron chi connectivity index (χ1n) is 6.55. The monoisotopic (exact) mass is 275 g/mol. The van der Waals surface area contributed by atoms with Gasteiger partial charge in [0.2, 0.25) is 0 Å². The highest BCUT2D eigenvalue weighted by Gasteiger charge is 2.20. The second-order valence-electron chi connectivity index (χ2n) is 5.58. The molecule has 0 aliphatic heterocycles. The summed E-state index contributed by atoms with van der Waals surface area (Å²) in [5.74, 6) is 0. The minimum absolute atomic E-state index is 0.0380. The molecule has 0 fully saturated rings. The summed E-state index contributed by atoms with van der Waals surface area (Å²) < 4.78 is 1.83. The van der Waals surface area contributed by atoms with Crippen LogP contribution in [0.4, 0.5) is 5.69 Å². The lowest BCUT2D eigenvalue weighted by molar-refractivity contribution is -0.00372. The Morgan fingerprint density at radius 3 is 2.90 bits per heavy atom. The Labute approximate surface area is 118 Å². The van der Waals surface area contributed by atoms with Gasteiger partial charge in [-0.2, -0.15) is 0 Å². The molecule has 0 saturated carbocycles. The van der Waals surface area contributed by atoms with Crippen LogP contribution in [0.5, 0.6) is 0 Å². The molecule has 0 atom stereocenters. The lowest BCUT2D eigenvalue weighted by Gasteiger charge is -2.23. The van der Waals surface area contributed by atoms with E-state index in [0.29, 0.717) is 6.61 Å². The van der Waals surface area contributed by atoms with E-state index in [1.807, 2.05) is 35.1 Å². The molecule has 0 spiro atoms. The van der Waals surface area contributed by atoms with Crippen molar-refractivity contribution in [3.63, 3.8) is 0 Å². The summed E-state index contributed by atoms with van der Waals surface area (Å²) in [5.41, 5.74) is 10.9. The Balaban J connectivity index is 2.09. The van der Waals surface area contributed by atoms with Crippen molar-refractivity contribution in [3.05, 3.63) is 30.5 Å². The normalized spacial score (nSPS) is 11.8. The summed E-state index contributed by atoms with van der Waals surface area (Å²) in [6.07, 6.45) is 1.93. The quantitative estimate of drug-likeness (QED) is 0.620. The Morgan fingerprint density at radius 2 is 2.20 bits per heavy atom. The number of hydrogen-bond acceptors (Lipinski definition) is 5. The maximum atomic E-state index is 5.78. The van der Waals surface area contributed by atoms with Crippen molar-refractivity contribution >= 4 is 5.69 Å². The summed E-state index contributed by atoms with van der Waals surface area (Å²) in [5, 5.41) is 8.36. The summed E-state index contributed by atoms with van der Waals surface area (Å²) in [6, 6.07) is 7.63. The van der Waals surface area contributed by atoms with Crippen LogP contribution in [0, 0.1) is 5.41 Å². The zero-order chi connectivity index (χ0) is 14.6. The molecule has 0 unspecified atom stereocenters. The van der Waals surface area contributed by atoms with Crippen molar-refractivity contribution in [3.8, 4) is 11.3 Å². The third kappa shape index (κ3) is 3.79. The Kier molecular flexibility index (Phi) is 4.36. The largest absolute Gasteiger partial charge is 0.399 e. The van der Waals surface area contributed by atoms with Crippen molar-refractivity contribution in [1.29, 1.82) is 0 Å². The lowest BCUT2D eigenvalue weighted by Crippen LogP contribution is -2.28. The van der Waals surface area contributed by atoms with Crippen molar-refractivity contribution in [2.45, 2.75) is 20.4 Å². The van der Waals surface area contributed by atoms with Gasteiger partial charge in [0.15, 0.2) is 0 Å². The molecule has 3 N–H and O–H groups in total. The van der Waals surface area contributed by atoms with Gasteiger partial charge in [0.05, 0.1) is 19.3 Å². The molecule has 0 aliphatic rings. The summed E-state index contributed by atoms with van der Waals surface area (Å²) in [7, 11) is 1.75. The van der Waals surface area contributed by atoms with Gasteiger partial charge in [-0.05, 0) is 12.1 Å². The predicted molar refractivity (Wildman–Crippen MR) is 78.7 cm³/mol. The van der Waals surface area contributed by atoms with Gasteiger partial charge in [-0.1, -0.05) is 31.2 Å². The van der Waals surface area contributed by atoms with Crippen LogP contribution in [0.1, 0.15) is 13.8 Å². The second kappa shape index (κ2) is 6.02. The molecule has 6 heteroatoms. The molecular weight excluding hydrogens is 254 g/mol. The maximum absolute atomic E-state index is 5.78. The van der Waals surface area contributed by atoms with E-state index in [1.54, 1.807) is 7.05 Å². The first-order valence-corrected chi connectivity index (χ1v) is 6.55. The Bertz CT molecular complexity index is 564. The van der Waals surface area contributed by atoms with Gasteiger partial charge in [0.25, 0.3) is 0 Å². The minimum atomic E-state index is -0.0380. The van der Waals surface area contributed by atoms with E-state index in [-0.39, 0.29) is 5.41 Å². The highest BCUT2D eigenvalue weighted by molar-refractivity contribution is 5.62. The van der Waals surface area contributed by atoms with Crippen LogP contribution in [0.2, 0.25) is 0 Å². The lowest BCUT2D eigenvalue weighted by atomic mass is 9.95. The molecule has 1 heterocycles. The van der Waals surface area contributed by atoms with Gasteiger partial charge in [-0.25, -0.2) is 5.48 Å². The summed E-state index contributed by atoms with van der Waals surface area (Å²) in [6.45, 7) is 5.55. The number of nitrogens with zero attached hydrogens (tertiary/aromatic N) is 3. The Morgan fingerprint density at radius 1 is 1.40 bits per heavy atom. The molecule has 20 heavy (non-hydrogen) atoms. The number of hydroxylamine groups is 1. The van der Waals surface area contributed by atoms with Gasteiger partial charge >= 0.3 is 0 Å². The van der Waals surface area contributed by atoms with Crippen LogP contribution in [-0.2, 0) is 11.4 Å². The third-order valence-electron chi connectivity index (χ3n) is 2.92. The van der Waals surface area contributed by atoms with Gasteiger partial charge in [-0.3, -0.25) is 4.68 Å². The molecule has 0 bridgehead atoms. The van der Waals surface area contributed by atoms with Crippen LogP contribution >= 0.6 is 0 Å². The smallest absolute Gasteiger partial charge is 0.113 e. The van der Waals surface area contributed by atoms with E-state index in [4.69, 9.17) is 10.6 Å². The average molecular weight is 275 g/mol.